The normalized spacial score (nSPS) is 17.1. The zero-order valence-electron chi connectivity index (χ0n) is 17.6. The molecule has 7 heteroatoms. The first-order chi connectivity index (χ1) is 14.7. The molecule has 1 aliphatic heterocycles. The van der Waals surface area contributed by atoms with Gasteiger partial charge in [0.15, 0.2) is 0 Å². The van der Waals surface area contributed by atoms with Gasteiger partial charge in [-0.2, -0.15) is 10.4 Å². The van der Waals surface area contributed by atoms with Gasteiger partial charge in [-0.15, -0.1) is 0 Å². The summed E-state index contributed by atoms with van der Waals surface area (Å²) in [6.07, 6.45) is 8.62. The van der Waals surface area contributed by atoms with Gasteiger partial charge in [-0.1, -0.05) is 24.3 Å². The minimum absolute atomic E-state index is 0.241. The third-order valence-corrected chi connectivity index (χ3v) is 5.97. The van der Waals surface area contributed by atoms with Crippen LogP contribution in [0.2, 0.25) is 0 Å². The smallest absolute Gasteiger partial charge is 0.147 e. The van der Waals surface area contributed by atoms with Gasteiger partial charge >= 0.3 is 0 Å². The molecule has 2 aromatic heterocycles. The van der Waals surface area contributed by atoms with E-state index in [1.54, 1.807) is 12.4 Å². The van der Waals surface area contributed by atoms with Crippen molar-refractivity contribution in [1.29, 1.82) is 5.26 Å². The van der Waals surface area contributed by atoms with E-state index in [1.807, 2.05) is 24.1 Å². The van der Waals surface area contributed by atoms with Crippen molar-refractivity contribution in [2.75, 3.05) is 24.5 Å². The van der Waals surface area contributed by atoms with Crippen molar-refractivity contribution in [3.8, 4) is 6.07 Å². The molecule has 1 aliphatic rings. The standard InChI is InChI=1S/C23H27N7/c1-18-21(14-27-28(18)2)16-29-12-13-30(23-15-25-10-11-26-23)17-22(29)20-7-5-19(6-8-20)4-3-9-24/h5-8,10-11,14-15,22H,3-4,12-13,16-17H2,1-2H3. The summed E-state index contributed by atoms with van der Waals surface area (Å²) in [5.74, 6) is 0.922. The highest BCUT2D eigenvalue weighted by atomic mass is 15.3. The van der Waals surface area contributed by atoms with Gasteiger partial charge in [0.25, 0.3) is 0 Å². The summed E-state index contributed by atoms with van der Waals surface area (Å²) in [7, 11) is 1.99. The van der Waals surface area contributed by atoms with Crippen LogP contribution in [0.1, 0.15) is 34.8 Å². The molecule has 3 heterocycles. The van der Waals surface area contributed by atoms with Crippen LogP contribution in [0.5, 0.6) is 0 Å². The Balaban J connectivity index is 1.59. The first-order valence-corrected chi connectivity index (χ1v) is 10.3. The predicted molar refractivity (Wildman–Crippen MR) is 116 cm³/mol. The molecule has 0 amide bonds. The number of aryl methyl sites for hydroxylation is 2. The van der Waals surface area contributed by atoms with Gasteiger partial charge in [-0.05, 0) is 24.5 Å². The number of nitriles is 1. The summed E-state index contributed by atoms with van der Waals surface area (Å²) < 4.78 is 1.93. The van der Waals surface area contributed by atoms with Crippen LogP contribution in [-0.2, 0) is 20.0 Å². The van der Waals surface area contributed by atoms with Crippen molar-refractivity contribution in [3.05, 3.63) is 71.4 Å². The Kier molecular flexibility index (Phi) is 6.05. The summed E-state index contributed by atoms with van der Waals surface area (Å²) in [5, 5.41) is 13.3. The van der Waals surface area contributed by atoms with Gasteiger partial charge in [0, 0.05) is 63.3 Å². The van der Waals surface area contributed by atoms with Crippen molar-refractivity contribution >= 4 is 5.82 Å². The summed E-state index contributed by atoms with van der Waals surface area (Å²) >= 11 is 0. The van der Waals surface area contributed by atoms with E-state index in [4.69, 9.17) is 5.26 Å². The molecular weight excluding hydrogens is 374 g/mol. The first-order valence-electron chi connectivity index (χ1n) is 10.3. The fourth-order valence-electron chi connectivity index (χ4n) is 4.01. The van der Waals surface area contributed by atoms with Crippen molar-refractivity contribution in [1.82, 2.24) is 24.6 Å². The van der Waals surface area contributed by atoms with E-state index >= 15 is 0 Å². The molecule has 1 aromatic carbocycles. The van der Waals surface area contributed by atoms with Crippen LogP contribution in [0.4, 0.5) is 5.82 Å². The lowest BCUT2D eigenvalue weighted by atomic mass is 9.99. The molecule has 0 saturated carbocycles. The number of anilines is 1. The second kappa shape index (κ2) is 9.06. The van der Waals surface area contributed by atoms with Gasteiger partial charge in [-0.25, -0.2) is 4.98 Å². The zero-order valence-corrected chi connectivity index (χ0v) is 17.6. The number of nitrogens with zero attached hydrogens (tertiary/aromatic N) is 7. The molecule has 1 fully saturated rings. The van der Waals surface area contributed by atoms with E-state index in [1.165, 1.54) is 22.4 Å². The first kappa shape index (κ1) is 20.0. The number of aromatic nitrogens is 4. The topological polar surface area (TPSA) is 73.9 Å². The second-order valence-corrected chi connectivity index (χ2v) is 7.77. The molecule has 1 saturated heterocycles. The number of hydrogen-bond donors (Lipinski definition) is 0. The van der Waals surface area contributed by atoms with E-state index in [0.717, 1.165) is 38.4 Å². The van der Waals surface area contributed by atoms with Crippen molar-refractivity contribution in [3.63, 3.8) is 0 Å². The lowest BCUT2D eigenvalue weighted by Crippen LogP contribution is -2.48. The van der Waals surface area contributed by atoms with Crippen LogP contribution in [0.25, 0.3) is 0 Å². The fourth-order valence-corrected chi connectivity index (χ4v) is 4.01. The fraction of sp³-hybridized carbons (Fsp3) is 0.391. The molecule has 4 rings (SSSR count). The molecule has 0 spiro atoms. The SMILES string of the molecule is Cc1c(CN2CCN(c3cnccn3)CC2c2ccc(CCC#N)cc2)cnn1C. The van der Waals surface area contributed by atoms with E-state index in [9.17, 15) is 0 Å². The van der Waals surface area contributed by atoms with Gasteiger partial charge in [0.05, 0.1) is 24.5 Å². The average Bonchev–Trinajstić information content (AvgIpc) is 3.11. The summed E-state index contributed by atoms with van der Waals surface area (Å²) in [6.45, 7) is 5.70. The minimum Gasteiger partial charge on any atom is -0.352 e. The Bertz CT molecular complexity index is 1000. The Hall–Kier alpha value is -3.24. The van der Waals surface area contributed by atoms with Crippen LogP contribution in [0.3, 0.4) is 0 Å². The number of hydrogen-bond acceptors (Lipinski definition) is 6. The molecule has 0 radical (unpaired) electrons. The average molecular weight is 402 g/mol. The van der Waals surface area contributed by atoms with Crippen LogP contribution in [-0.4, -0.2) is 44.3 Å². The van der Waals surface area contributed by atoms with E-state index in [2.05, 4.69) is 62.1 Å². The van der Waals surface area contributed by atoms with E-state index < -0.39 is 0 Å². The zero-order chi connectivity index (χ0) is 20.9. The lowest BCUT2D eigenvalue weighted by molar-refractivity contribution is 0.168. The highest BCUT2D eigenvalue weighted by Gasteiger charge is 2.29. The third-order valence-electron chi connectivity index (χ3n) is 5.97. The van der Waals surface area contributed by atoms with Crippen molar-refractivity contribution in [2.24, 2.45) is 7.05 Å². The molecule has 154 valence electrons. The molecule has 1 unspecified atom stereocenters. The summed E-state index contributed by atoms with van der Waals surface area (Å²) in [6, 6.07) is 11.2. The summed E-state index contributed by atoms with van der Waals surface area (Å²) in [4.78, 5) is 13.6. The van der Waals surface area contributed by atoms with Crippen LogP contribution < -0.4 is 4.90 Å². The Morgan fingerprint density at radius 2 is 1.97 bits per heavy atom. The maximum Gasteiger partial charge on any atom is 0.147 e. The minimum atomic E-state index is 0.241. The van der Waals surface area contributed by atoms with E-state index in [0.29, 0.717) is 6.42 Å². The molecule has 0 bridgehead atoms. The molecule has 1 atom stereocenters. The monoisotopic (exact) mass is 401 g/mol. The Labute approximate surface area is 177 Å². The molecule has 7 nitrogen and oxygen atoms in total. The summed E-state index contributed by atoms with van der Waals surface area (Å²) in [5.41, 5.74) is 4.96. The maximum absolute atomic E-state index is 8.84. The van der Waals surface area contributed by atoms with Gasteiger partial charge in [0.2, 0.25) is 0 Å². The number of rotatable bonds is 6. The predicted octanol–water partition coefficient (Wildman–Crippen LogP) is 3.04. The third kappa shape index (κ3) is 4.34. The van der Waals surface area contributed by atoms with Gasteiger partial charge in [-0.3, -0.25) is 14.6 Å². The van der Waals surface area contributed by atoms with Crippen LogP contribution in [0, 0.1) is 18.3 Å². The molecule has 30 heavy (non-hydrogen) atoms. The Morgan fingerprint density at radius 1 is 1.13 bits per heavy atom. The van der Waals surface area contributed by atoms with E-state index in [-0.39, 0.29) is 6.04 Å². The highest BCUT2D eigenvalue weighted by Crippen LogP contribution is 2.30. The lowest BCUT2D eigenvalue weighted by Gasteiger charge is -2.42. The molecule has 0 aliphatic carbocycles. The van der Waals surface area contributed by atoms with Gasteiger partial charge < -0.3 is 4.90 Å². The van der Waals surface area contributed by atoms with Crippen molar-refractivity contribution in [2.45, 2.75) is 32.4 Å². The molecule has 0 N–H and O–H groups in total. The molecular formula is C23H27N7. The van der Waals surface area contributed by atoms with Crippen LogP contribution >= 0.6 is 0 Å². The Morgan fingerprint density at radius 3 is 2.63 bits per heavy atom. The second-order valence-electron chi connectivity index (χ2n) is 7.77. The maximum atomic E-state index is 8.84. The molecule has 3 aromatic rings. The largest absolute Gasteiger partial charge is 0.352 e. The van der Waals surface area contributed by atoms with Crippen LogP contribution in [0.15, 0.2) is 49.1 Å². The highest BCUT2D eigenvalue weighted by molar-refractivity contribution is 5.38. The number of benzene rings is 1. The number of piperazine rings is 1. The quantitative estimate of drug-likeness (QED) is 0.632. The van der Waals surface area contributed by atoms with Gasteiger partial charge in [0.1, 0.15) is 5.82 Å². The van der Waals surface area contributed by atoms with Crippen molar-refractivity contribution < 1.29 is 0 Å².